The fourth-order valence-electron chi connectivity index (χ4n) is 2.25. The van der Waals surface area contributed by atoms with Crippen molar-refractivity contribution >= 4 is 5.91 Å². The number of rotatable bonds is 5. The highest BCUT2D eigenvalue weighted by molar-refractivity contribution is 5.81. The highest BCUT2D eigenvalue weighted by Gasteiger charge is 2.29. The molecular formula is C12H24N2O2. The lowest BCUT2D eigenvalue weighted by Gasteiger charge is -2.21. The topological polar surface area (TPSA) is 55.6 Å². The molecule has 0 saturated carbocycles. The maximum absolute atomic E-state index is 12.0. The Morgan fingerprint density at radius 2 is 2.25 bits per heavy atom. The van der Waals surface area contributed by atoms with Crippen molar-refractivity contribution in [3.63, 3.8) is 0 Å². The summed E-state index contributed by atoms with van der Waals surface area (Å²) in [6.45, 7) is 6.55. The third-order valence-electron chi connectivity index (χ3n) is 3.04. The summed E-state index contributed by atoms with van der Waals surface area (Å²) in [4.78, 5) is 13.9. The van der Waals surface area contributed by atoms with Crippen LogP contribution in [-0.4, -0.2) is 43.7 Å². The third kappa shape index (κ3) is 3.76. The van der Waals surface area contributed by atoms with Crippen molar-refractivity contribution < 1.29 is 9.53 Å². The van der Waals surface area contributed by atoms with Gasteiger partial charge in [-0.3, -0.25) is 4.79 Å². The van der Waals surface area contributed by atoms with Crippen molar-refractivity contribution in [2.75, 3.05) is 26.8 Å². The van der Waals surface area contributed by atoms with Crippen LogP contribution >= 0.6 is 0 Å². The average Bonchev–Trinajstić information content (AvgIpc) is 2.64. The zero-order valence-corrected chi connectivity index (χ0v) is 10.6. The Morgan fingerprint density at radius 1 is 1.56 bits per heavy atom. The molecule has 2 atom stereocenters. The summed E-state index contributed by atoms with van der Waals surface area (Å²) in [5.74, 6) is 1.06. The second-order valence-corrected chi connectivity index (χ2v) is 5.13. The van der Waals surface area contributed by atoms with Crippen LogP contribution in [0.4, 0.5) is 0 Å². The number of carbonyl (C=O) groups is 1. The van der Waals surface area contributed by atoms with Gasteiger partial charge < -0.3 is 15.4 Å². The van der Waals surface area contributed by atoms with Gasteiger partial charge in [-0.05, 0) is 18.8 Å². The number of nitrogens with two attached hydrogens (primary N) is 1. The van der Waals surface area contributed by atoms with Crippen molar-refractivity contribution in [2.45, 2.75) is 32.7 Å². The van der Waals surface area contributed by atoms with Gasteiger partial charge in [0.1, 0.15) is 0 Å². The molecule has 1 fully saturated rings. The quantitative estimate of drug-likeness (QED) is 0.759. The normalized spacial score (nSPS) is 22.8. The highest BCUT2D eigenvalue weighted by Crippen LogP contribution is 2.18. The molecule has 1 saturated heterocycles. The SMILES string of the molecule is COCC1CCN(C(=O)[C@H](N)CC(C)C)C1. The Labute approximate surface area is 98.1 Å². The molecule has 0 aliphatic carbocycles. The summed E-state index contributed by atoms with van der Waals surface area (Å²) in [5, 5.41) is 0. The summed E-state index contributed by atoms with van der Waals surface area (Å²) >= 11 is 0. The number of hydrogen-bond acceptors (Lipinski definition) is 3. The Morgan fingerprint density at radius 3 is 2.81 bits per heavy atom. The number of ether oxygens (including phenoxy) is 1. The van der Waals surface area contributed by atoms with Crippen LogP contribution in [0, 0.1) is 11.8 Å². The highest BCUT2D eigenvalue weighted by atomic mass is 16.5. The van der Waals surface area contributed by atoms with Crippen LogP contribution in [0.15, 0.2) is 0 Å². The van der Waals surface area contributed by atoms with Gasteiger partial charge in [0.05, 0.1) is 12.6 Å². The minimum absolute atomic E-state index is 0.104. The first-order valence-electron chi connectivity index (χ1n) is 6.08. The van der Waals surface area contributed by atoms with Crippen LogP contribution in [0.2, 0.25) is 0 Å². The van der Waals surface area contributed by atoms with Crippen LogP contribution in [0.1, 0.15) is 26.7 Å². The fourth-order valence-corrected chi connectivity index (χ4v) is 2.25. The molecule has 1 heterocycles. The minimum Gasteiger partial charge on any atom is -0.384 e. The summed E-state index contributed by atoms with van der Waals surface area (Å²) in [6.07, 6.45) is 1.80. The van der Waals surface area contributed by atoms with Crippen molar-refractivity contribution in [2.24, 2.45) is 17.6 Å². The molecule has 0 aromatic heterocycles. The largest absolute Gasteiger partial charge is 0.384 e. The molecule has 4 nitrogen and oxygen atoms in total. The minimum atomic E-state index is -0.332. The first-order valence-corrected chi connectivity index (χ1v) is 6.08. The lowest BCUT2D eigenvalue weighted by Crippen LogP contribution is -2.43. The maximum atomic E-state index is 12.0. The summed E-state index contributed by atoms with van der Waals surface area (Å²) < 4.78 is 5.11. The van der Waals surface area contributed by atoms with E-state index in [0.29, 0.717) is 11.8 Å². The van der Waals surface area contributed by atoms with E-state index >= 15 is 0 Å². The molecule has 0 bridgehead atoms. The van der Waals surface area contributed by atoms with Crippen LogP contribution < -0.4 is 5.73 Å². The van der Waals surface area contributed by atoms with Crippen molar-refractivity contribution in [3.05, 3.63) is 0 Å². The summed E-state index contributed by atoms with van der Waals surface area (Å²) in [6, 6.07) is -0.332. The number of hydrogen-bond donors (Lipinski definition) is 1. The smallest absolute Gasteiger partial charge is 0.239 e. The van der Waals surface area contributed by atoms with E-state index in [0.717, 1.165) is 32.5 Å². The lowest BCUT2D eigenvalue weighted by molar-refractivity contribution is -0.132. The zero-order chi connectivity index (χ0) is 12.1. The first kappa shape index (κ1) is 13.5. The van der Waals surface area contributed by atoms with Gasteiger partial charge in [0.15, 0.2) is 0 Å². The molecule has 4 heteroatoms. The second-order valence-electron chi connectivity index (χ2n) is 5.13. The molecule has 0 spiro atoms. The third-order valence-corrected chi connectivity index (χ3v) is 3.04. The van der Waals surface area contributed by atoms with Gasteiger partial charge in [-0.25, -0.2) is 0 Å². The predicted molar refractivity (Wildman–Crippen MR) is 64.0 cm³/mol. The molecular weight excluding hydrogens is 204 g/mol. The van der Waals surface area contributed by atoms with Crippen LogP contribution in [0.5, 0.6) is 0 Å². The molecule has 1 amide bonds. The fraction of sp³-hybridized carbons (Fsp3) is 0.917. The summed E-state index contributed by atoms with van der Waals surface area (Å²) in [5.41, 5.74) is 5.89. The molecule has 1 aliphatic heterocycles. The monoisotopic (exact) mass is 228 g/mol. The van der Waals surface area contributed by atoms with E-state index in [2.05, 4.69) is 13.8 Å². The van der Waals surface area contributed by atoms with E-state index in [-0.39, 0.29) is 11.9 Å². The molecule has 0 aromatic carbocycles. The van der Waals surface area contributed by atoms with Crippen molar-refractivity contribution in [1.29, 1.82) is 0 Å². The van der Waals surface area contributed by atoms with Gasteiger partial charge in [-0.2, -0.15) is 0 Å². The van der Waals surface area contributed by atoms with Gasteiger partial charge in [0.2, 0.25) is 5.91 Å². The van der Waals surface area contributed by atoms with E-state index in [1.54, 1.807) is 7.11 Å². The van der Waals surface area contributed by atoms with Crippen LogP contribution in [-0.2, 0) is 9.53 Å². The zero-order valence-electron chi connectivity index (χ0n) is 10.6. The molecule has 94 valence electrons. The lowest BCUT2D eigenvalue weighted by atomic mass is 10.0. The number of likely N-dealkylation sites (tertiary alicyclic amines) is 1. The van der Waals surface area contributed by atoms with Gasteiger partial charge in [-0.15, -0.1) is 0 Å². The van der Waals surface area contributed by atoms with E-state index in [1.165, 1.54) is 0 Å². The molecule has 2 N–H and O–H groups in total. The molecule has 0 aromatic rings. The van der Waals surface area contributed by atoms with Crippen LogP contribution in [0.3, 0.4) is 0 Å². The van der Waals surface area contributed by atoms with Gasteiger partial charge in [-0.1, -0.05) is 13.8 Å². The molecule has 1 unspecified atom stereocenters. The average molecular weight is 228 g/mol. The van der Waals surface area contributed by atoms with E-state index < -0.39 is 0 Å². The first-order chi connectivity index (χ1) is 7.54. The van der Waals surface area contributed by atoms with E-state index in [4.69, 9.17) is 10.5 Å². The Kier molecular flexibility index (Phi) is 5.22. The molecule has 16 heavy (non-hydrogen) atoms. The molecule has 0 radical (unpaired) electrons. The van der Waals surface area contributed by atoms with Crippen molar-refractivity contribution in [3.8, 4) is 0 Å². The number of carbonyl (C=O) groups excluding carboxylic acids is 1. The molecule has 1 aliphatic rings. The van der Waals surface area contributed by atoms with Gasteiger partial charge in [0, 0.05) is 26.1 Å². The Bertz CT molecular complexity index is 231. The predicted octanol–water partition coefficient (Wildman–Crippen LogP) is 0.855. The second kappa shape index (κ2) is 6.21. The maximum Gasteiger partial charge on any atom is 0.239 e. The standard InChI is InChI=1S/C12H24N2O2/c1-9(2)6-11(13)12(15)14-5-4-10(7-14)8-16-3/h9-11H,4-8,13H2,1-3H3/t10?,11-/m1/s1. The van der Waals surface area contributed by atoms with Crippen LogP contribution in [0.25, 0.3) is 0 Å². The molecule has 1 rings (SSSR count). The van der Waals surface area contributed by atoms with Gasteiger partial charge >= 0.3 is 0 Å². The van der Waals surface area contributed by atoms with E-state index in [9.17, 15) is 4.79 Å². The number of nitrogens with zero attached hydrogens (tertiary/aromatic N) is 1. The Balaban J connectivity index is 2.38. The van der Waals surface area contributed by atoms with Crippen molar-refractivity contribution in [1.82, 2.24) is 4.90 Å². The Hall–Kier alpha value is -0.610. The van der Waals surface area contributed by atoms with Gasteiger partial charge in [0.25, 0.3) is 0 Å². The summed E-state index contributed by atoms with van der Waals surface area (Å²) in [7, 11) is 1.70. The van der Waals surface area contributed by atoms with E-state index in [1.807, 2.05) is 4.90 Å². The number of amides is 1. The number of methoxy groups -OCH3 is 1.